The Labute approximate surface area is 103 Å². The fourth-order valence-electron chi connectivity index (χ4n) is 0.762. The average molecular weight is 258 g/mol. The van der Waals surface area contributed by atoms with Crippen LogP contribution in [-0.2, 0) is 0 Å². The third-order valence-corrected chi connectivity index (χ3v) is 10.7. The maximum atomic E-state index is 12.0. The van der Waals surface area contributed by atoms with Crippen molar-refractivity contribution in [2.75, 3.05) is 0 Å². The highest BCUT2D eigenvalue weighted by molar-refractivity contribution is 7.54. The molecule has 0 aromatic heterocycles. The fraction of sp³-hybridized carbons (Fsp3) is 0.667. The molecule has 0 saturated heterocycles. The van der Waals surface area contributed by atoms with Gasteiger partial charge in [0.05, 0.1) is 0 Å². The zero-order valence-electron chi connectivity index (χ0n) is 11.6. The summed E-state index contributed by atoms with van der Waals surface area (Å²) in [5.74, 6) is 1.79. The van der Waals surface area contributed by atoms with Crippen LogP contribution >= 0.6 is 8.30 Å². The summed E-state index contributed by atoms with van der Waals surface area (Å²) >= 11 is 0. The van der Waals surface area contributed by atoms with Crippen LogP contribution in [0.25, 0.3) is 0 Å². The molecule has 0 bridgehead atoms. The second-order valence-electron chi connectivity index (χ2n) is 5.91. The average Bonchev–Trinajstić information content (AvgIpc) is 1.99. The molecule has 1 N–H and O–H groups in total. The molecule has 0 aliphatic heterocycles. The number of allylic oxidation sites excluding steroid dienone is 2. The van der Waals surface area contributed by atoms with E-state index in [1.807, 2.05) is 13.8 Å². The molecule has 2 nitrogen and oxygen atoms in total. The molecular formula is C12H25NOPSi-. The summed E-state index contributed by atoms with van der Waals surface area (Å²) in [4.78, 5) is 12.0. The summed E-state index contributed by atoms with van der Waals surface area (Å²) in [6, 6.07) is 0. The Balaban J connectivity index is 4.64. The van der Waals surface area contributed by atoms with E-state index in [4.69, 9.17) is 0 Å². The van der Waals surface area contributed by atoms with Gasteiger partial charge in [-0.3, -0.25) is 0 Å². The van der Waals surface area contributed by atoms with Crippen molar-refractivity contribution < 1.29 is 4.89 Å². The Morgan fingerprint density at radius 2 is 1.75 bits per heavy atom. The SMILES string of the molecule is C=C(C)/C(C)=C/P([O-])N[Si](C)(C)C(C)(C)C. The molecular weight excluding hydrogens is 233 g/mol. The van der Waals surface area contributed by atoms with Gasteiger partial charge in [0.15, 0.2) is 0 Å². The van der Waals surface area contributed by atoms with Gasteiger partial charge in [-0.05, 0) is 24.5 Å². The third kappa shape index (κ3) is 4.92. The summed E-state index contributed by atoms with van der Waals surface area (Å²) < 4.78 is 3.31. The molecule has 0 rings (SSSR count). The van der Waals surface area contributed by atoms with E-state index in [2.05, 4.69) is 45.2 Å². The van der Waals surface area contributed by atoms with E-state index in [9.17, 15) is 4.89 Å². The monoisotopic (exact) mass is 258 g/mol. The lowest BCUT2D eigenvalue weighted by molar-refractivity contribution is -0.158. The zero-order valence-corrected chi connectivity index (χ0v) is 13.5. The van der Waals surface area contributed by atoms with Crippen LogP contribution in [-0.4, -0.2) is 8.24 Å². The fourth-order valence-corrected chi connectivity index (χ4v) is 5.14. The third-order valence-electron chi connectivity index (χ3n) is 3.25. The van der Waals surface area contributed by atoms with Crippen LogP contribution in [0.1, 0.15) is 34.6 Å². The van der Waals surface area contributed by atoms with Gasteiger partial charge in [-0.15, -0.1) is 8.30 Å². The lowest BCUT2D eigenvalue weighted by Crippen LogP contribution is -2.50. The highest BCUT2D eigenvalue weighted by Gasteiger charge is 2.35. The van der Waals surface area contributed by atoms with Gasteiger partial charge in [-0.1, -0.05) is 51.8 Å². The summed E-state index contributed by atoms with van der Waals surface area (Å²) in [7, 11) is -3.14. The molecule has 16 heavy (non-hydrogen) atoms. The molecule has 94 valence electrons. The minimum Gasteiger partial charge on any atom is -0.815 e. The van der Waals surface area contributed by atoms with E-state index in [1.54, 1.807) is 5.82 Å². The highest BCUT2D eigenvalue weighted by atomic mass is 31.2. The maximum absolute atomic E-state index is 12.0. The zero-order chi connectivity index (χ0) is 13.1. The van der Waals surface area contributed by atoms with Crippen molar-refractivity contribution in [3.8, 4) is 0 Å². The first kappa shape index (κ1) is 16.0. The van der Waals surface area contributed by atoms with Crippen molar-refractivity contribution in [3.05, 3.63) is 23.5 Å². The van der Waals surface area contributed by atoms with Crippen LogP contribution in [0.15, 0.2) is 23.5 Å². The number of nitrogens with one attached hydrogen (secondary N) is 1. The molecule has 0 radical (unpaired) electrons. The van der Waals surface area contributed by atoms with Crippen molar-refractivity contribution in [3.63, 3.8) is 0 Å². The summed E-state index contributed by atoms with van der Waals surface area (Å²) in [5.41, 5.74) is 1.98. The van der Waals surface area contributed by atoms with Crippen LogP contribution in [0.3, 0.4) is 0 Å². The first-order chi connectivity index (χ1) is 6.97. The van der Waals surface area contributed by atoms with Gasteiger partial charge < -0.3 is 9.65 Å². The molecule has 0 amide bonds. The molecule has 0 aliphatic rings. The Morgan fingerprint density at radius 3 is 2.06 bits per heavy atom. The normalized spacial score (nSPS) is 16.1. The van der Waals surface area contributed by atoms with Gasteiger partial charge in [0, 0.05) is 0 Å². The highest BCUT2D eigenvalue weighted by Crippen LogP contribution is 2.39. The number of hydrogen-bond donors (Lipinski definition) is 1. The second-order valence-corrected chi connectivity index (χ2v) is 12.5. The molecule has 0 saturated carbocycles. The number of hydrogen-bond acceptors (Lipinski definition) is 2. The summed E-state index contributed by atoms with van der Waals surface area (Å²) in [5, 5.41) is 0.197. The Hall–Kier alpha value is 0.0469. The van der Waals surface area contributed by atoms with Gasteiger partial charge >= 0.3 is 0 Å². The Kier molecular flexibility index (Phi) is 5.61. The van der Waals surface area contributed by atoms with E-state index < -0.39 is 16.5 Å². The first-order valence-electron chi connectivity index (χ1n) is 5.56. The molecule has 0 aliphatic carbocycles. The lowest BCUT2D eigenvalue weighted by Gasteiger charge is -2.42. The Bertz CT molecular complexity index is 292. The topological polar surface area (TPSA) is 35.1 Å². The van der Waals surface area contributed by atoms with Gasteiger partial charge in [0.2, 0.25) is 0 Å². The van der Waals surface area contributed by atoms with Crippen molar-refractivity contribution in [1.82, 2.24) is 4.75 Å². The van der Waals surface area contributed by atoms with Gasteiger partial charge in [0.1, 0.15) is 8.24 Å². The quantitative estimate of drug-likeness (QED) is 0.474. The van der Waals surface area contributed by atoms with Crippen LogP contribution in [0.5, 0.6) is 0 Å². The van der Waals surface area contributed by atoms with E-state index in [1.165, 1.54) is 0 Å². The molecule has 0 spiro atoms. The number of rotatable bonds is 4. The Morgan fingerprint density at radius 1 is 1.31 bits per heavy atom. The van der Waals surface area contributed by atoms with E-state index in [-0.39, 0.29) is 5.04 Å². The largest absolute Gasteiger partial charge is 0.815 e. The van der Waals surface area contributed by atoms with Gasteiger partial charge in [-0.2, -0.15) is 0 Å². The smallest absolute Gasteiger partial charge is 0.127 e. The van der Waals surface area contributed by atoms with E-state index >= 15 is 0 Å². The minimum absolute atomic E-state index is 0.197. The van der Waals surface area contributed by atoms with Crippen molar-refractivity contribution >= 4 is 16.5 Å². The predicted octanol–water partition coefficient (Wildman–Crippen LogP) is 3.73. The molecule has 0 aromatic carbocycles. The standard InChI is InChI=1S/C12H25NOPSi/c1-10(2)11(3)9-15(14)13-16(7,8)12(4,5)6/h9,13H,1H2,2-8H3/q-1/b11-9+. The first-order valence-corrected chi connectivity index (χ1v) is 9.89. The molecule has 1 atom stereocenters. The van der Waals surface area contributed by atoms with Crippen LogP contribution in [0.2, 0.25) is 18.1 Å². The van der Waals surface area contributed by atoms with Crippen molar-refractivity contribution in [1.29, 1.82) is 0 Å². The van der Waals surface area contributed by atoms with Gasteiger partial charge in [-0.25, -0.2) is 0 Å². The second kappa shape index (κ2) is 5.59. The summed E-state index contributed by atoms with van der Waals surface area (Å²) in [6.07, 6.45) is 0. The molecule has 0 fully saturated rings. The van der Waals surface area contributed by atoms with Crippen LogP contribution < -0.4 is 9.65 Å². The van der Waals surface area contributed by atoms with Crippen LogP contribution in [0, 0.1) is 0 Å². The predicted molar refractivity (Wildman–Crippen MR) is 75.8 cm³/mol. The van der Waals surface area contributed by atoms with Crippen LogP contribution in [0.4, 0.5) is 0 Å². The molecule has 0 aromatic rings. The molecule has 4 heteroatoms. The van der Waals surface area contributed by atoms with E-state index in [0.717, 1.165) is 11.1 Å². The summed E-state index contributed by atoms with van der Waals surface area (Å²) in [6.45, 7) is 18.7. The lowest BCUT2D eigenvalue weighted by atomic mass is 10.2. The maximum Gasteiger partial charge on any atom is 0.127 e. The minimum atomic E-state index is -1.68. The van der Waals surface area contributed by atoms with Crippen molar-refractivity contribution in [2.45, 2.75) is 52.8 Å². The molecule has 0 heterocycles. The van der Waals surface area contributed by atoms with Gasteiger partial charge in [0.25, 0.3) is 0 Å². The van der Waals surface area contributed by atoms with E-state index in [0.29, 0.717) is 0 Å². The van der Waals surface area contributed by atoms with Crippen molar-refractivity contribution in [2.24, 2.45) is 0 Å². The molecule has 1 unspecified atom stereocenters.